The number of unbranched alkanes of at least 4 members (excludes halogenated alkanes) is 1. The lowest BCUT2D eigenvalue weighted by molar-refractivity contribution is -0.135. The third-order valence-corrected chi connectivity index (χ3v) is 2.81. The lowest BCUT2D eigenvalue weighted by Crippen LogP contribution is -2.46. The Bertz CT molecular complexity index is 237. The maximum absolute atomic E-state index is 11.8. The number of halogens is 3. The molecule has 0 aromatic rings. The van der Waals surface area contributed by atoms with Gasteiger partial charge in [0.2, 0.25) is 5.91 Å². The minimum Gasteiger partial charge on any atom is -0.355 e. The molecule has 1 unspecified atom stereocenters. The number of hydrogen-bond donors (Lipinski definition) is 2. The fraction of sp³-hybridized carbons (Fsp3) is 0.909. The molecule has 0 bridgehead atoms. The van der Waals surface area contributed by atoms with E-state index >= 15 is 0 Å². The molecular weight excluding hydrogens is 233 g/mol. The van der Waals surface area contributed by atoms with Gasteiger partial charge in [0.05, 0.1) is 6.04 Å². The third kappa shape index (κ3) is 6.51. The van der Waals surface area contributed by atoms with Gasteiger partial charge in [-0.1, -0.05) is 6.42 Å². The first-order valence-electron chi connectivity index (χ1n) is 6.07. The highest BCUT2D eigenvalue weighted by Crippen LogP contribution is 2.21. The Labute approximate surface area is 99.1 Å². The van der Waals surface area contributed by atoms with Crippen molar-refractivity contribution in [2.45, 2.75) is 50.7 Å². The molecule has 1 rings (SSSR count). The minimum absolute atomic E-state index is 0.0713. The van der Waals surface area contributed by atoms with Crippen LogP contribution in [0.15, 0.2) is 0 Å². The molecule has 3 nitrogen and oxygen atoms in total. The van der Waals surface area contributed by atoms with Crippen LogP contribution in [0.5, 0.6) is 0 Å². The average Bonchev–Trinajstić information content (AvgIpc) is 2.28. The predicted molar refractivity (Wildman–Crippen MR) is 58.6 cm³/mol. The van der Waals surface area contributed by atoms with Crippen molar-refractivity contribution in [1.82, 2.24) is 10.6 Å². The van der Waals surface area contributed by atoms with Crippen molar-refractivity contribution in [1.29, 1.82) is 0 Å². The topological polar surface area (TPSA) is 41.1 Å². The second-order valence-electron chi connectivity index (χ2n) is 4.37. The summed E-state index contributed by atoms with van der Waals surface area (Å²) < 4.78 is 35.5. The number of rotatable bonds is 5. The molecule has 1 atom stereocenters. The fourth-order valence-corrected chi connectivity index (χ4v) is 1.86. The molecule has 0 radical (unpaired) electrons. The van der Waals surface area contributed by atoms with E-state index in [1.54, 1.807) is 0 Å². The second-order valence-corrected chi connectivity index (χ2v) is 4.37. The maximum Gasteiger partial charge on any atom is 0.389 e. The molecule has 6 heteroatoms. The van der Waals surface area contributed by atoms with Gasteiger partial charge in [-0.15, -0.1) is 0 Å². The summed E-state index contributed by atoms with van der Waals surface area (Å²) in [5.74, 6) is -0.0864. The Hall–Kier alpha value is -0.780. The van der Waals surface area contributed by atoms with Crippen LogP contribution < -0.4 is 10.6 Å². The van der Waals surface area contributed by atoms with E-state index in [2.05, 4.69) is 10.6 Å². The Morgan fingerprint density at radius 1 is 1.29 bits per heavy atom. The van der Waals surface area contributed by atoms with Gasteiger partial charge in [0.1, 0.15) is 0 Å². The normalized spacial score (nSPS) is 21.2. The molecule has 1 amide bonds. The molecule has 17 heavy (non-hydrogen) atoms. The number of carbonyl (C=O) groups is 1. The standard InChI is InChI=1S/C11H19F3N2O/c12-11(13,14)6-2-4-8-16-10(17)9-5-1-3-7-15-9/h9,15H,1-8H2,(H,16,17). The van der Waals surface area contributed by atoms with Gasteiger partial charge in [-0.3, -0.25) is 4.79 Å². The van der Waals surface area contributed by atoms with Crippen LogP contribution in [0.25, 0.3) is 0 Å². The summed E-state index contributed by atoms with van der Waals surface area (Å²) in [6.45, 7) is 1.17. The molecule has 0 saturated carbocycles. The highest BCUT2D eigenvalue weighted by atomic mass is 19.4. The molecule has 1 aliphatic rings. The Balaban J connectivity index is 2.04. The van der Waals surface area contributed by atoms with Crippen LogP contribution in [-0.4, -0.2) is 31.2 Å². The monoisotopic (exact) mass is 252 g/mol. The van der Waals surface area contributed by atoms with Gasteiger partial charge in [0.15, 0.2) is 0 Å². The van der Waals surface area contributed by atoms with Crippen LogP contribution in [0, 0.1) is 0 Å². The van der Waals surface area contributed by atoms with Crippen LogP contribution in [0.4, 0.5) is 13.2 Å². The summed E-state index contributed by atoms with van der Waals surface area (Å²) in [5.41, 5.74) is 0. The van der Waals surface area contributed by atoms with Crippen molar-refractivity contribution in [3.63, 3.8) is 0 Å². The van der Waals surface area contributed by atoms with E-state index in [-0.39, 0.29) is 18.4 Å². The summed E-state index contributed by atoms with van der Waals surface area (Å²) in [5, 5.41) is 5.76. The number of hydrogen-bond acceptors (Lipinski definition) is 2. The van der Waals surface area contributed by atoms with Gasteiger partial charge in [-0.05, 0) is 32.2 Å². The molecule has 0 aromatic heterocycles. The number of alkyl halides is 3. The zero-order chi connectivity index (χ0) is 12.7. The zero-order valence-corrected chi connectivity index (χ0v) is 9.78. The highest BCUT2D eigenvalue weighted by molar-refractivity contribution is 5.81. The van der Waals surface area contributed by atoms with Crippen LogP contribution in [0.1, 0.15) is 38.5 Å². The second kappa shape index (κ2) is 6.83. The summed E-state index contributed by atoms with van der Waals surface area (Å²) in [7, 11) is 0. The van der Waals surface area contributed by atoms with E-state index in [4.69, 9.17) is 0 Å². The van der Waals surface area contributed by atoms with Crippen LogP contribution in [0.3, 0.4) is 0 Å². The quantitative estimate of drug-likeness (QED) is 0.735. The molecule has 2 N–H and O–H groups in total. The number of carbonyl (C=O) groups excluding carboxylic acids is 1. The first-order valence-corrected chi connectivity index (χ1v) is 6.07. The molecule has 1 heterocycles. The molecule has 0 spiro atoms. The molecule has 0 aromatic carbocycles. The number of piperidine rings is 1. The van der Waals surface area contributed by atoms with E-state index in [0.717, 1.165) is 25.8 Å². The first kappa shape index (κ1) is 14.3. The molecule has 1 saturated heterocycles. The van der Waals surface area contributed by atoms with E-state index in [1.807, 2.05) is 0 Å². The Morgan fingerprint density at radius 3 is 2.65 bits per heavy atom. The molecule has 1 fully saturated rings. The van der Waals surface area contributed by atoms with Crippen LogP contribution in [-0.2, 0) is 4.79 Å². The smallest absolute Gasteiger partial charge is 0.355 e. The summed E-state index contributed by atoms with van der Waals surface area (Å²) in [6, 6.07) is -0.161. The van der Waals surface area contributed by atoms with E-state index < -0.39 is 12.6 Å². The van der Waals surface area contributed by atoms with Gasteiger partial charge in [0.25, 0.3) is 0 Å². The van der Waals surface area contributed by atoms with Crippen molar-refractivity contribution in [2.75, 3.05) is 13.1 Å². The van der Waals surface area contributed by atoms with Crippen molar-refractivity contribution >= 4 is 5.91 Å². The number of nitrogens with one attached hydrogen (secondary N) is 2. The Kier molecular flexibility index (Phi) is 5.74. The van der Waals surface area contributed by atoms with Gasteiger partial charge >= 0.3 is 6.18 Å². The zero-order valence-electron chi connectivity index (χ0n) is 9.78. The fourth-order valence-electron chi connectivity index (χ4n) is 1.86. The average molecular weight is 252 g/mol. The van der Waals surface area contributed by atoms with Crippen LogP contribution >= 0.6 is 0 Å². The predicted octanol–water partition coefficient (Wildman–Crippen LogP) is 1.98. The molecule has 100 valence electrons. The van der Waals surface area contributed by atoms with Gasteiger partial charge in [-0.25, -0.2) is 0 Å². The lowest BCUT2D eigenvalue weighted by Gasteiger charge is -2.22. The van der Waals surface area contributed by atoms with E-state index in [1.165, 1.54) is 0 Å². The molecule has 0 aliphatic carbocycles. The van der Waals surface area contributed by atoms with Gasteiger partial charge in [-0.2, -0.15) is 13.2 Å². The number of amides is 1. The summed E-state index contributed by atoms with van der Waals surface area (Å²) in [6.07, 6.45) is -1.50. The van der Waals surface area contributed by atoms with Crippen molar-refractivity contribution in [3.05, 3.63) is 0 Å². The minimum atomic E-state index is -4.09. The lowest BCUT2D eigenvalue weighted by atomic mass is 10.0. The molecule has 1 aliphatic heterocycles. The van der Waals surface area contributed by atoms with Crippen molar-refractivity contribution in [2.24, 2.45) is 0 Å². The SMILES string of the molecule is O=C(NCCCCC(F)(F)F)C1CCCCN1. The van der Waals surface area contributed by atoms with E-state index in [9.17, 15) is 18.0 Å². The summed E-state index contributed by atoms with van der Waals surface area (Å²) >= 11 is 0. The maximum atomic E-state index is 11.8. The van der Waals surface area contributed by atoms with Crippen LogP contribution in [0.2, 0.25) is 0 Å². The Morgan fingerprint density at radius 2 is 2.06 bits per heavy atom. The van der Waals surface area contributed by atoms with Gasteiger partial charge in [0, 0.05) is 13.0 Å². The van der Waals surface area contributed by atoms with Crippen molar-refractivity contribution in [3.8, 4) is 0 Å². The van der Waals surface area contributed by atoms with Gasteiger partial charge < -0.3 is 10.6 Å². The highest BCUT2D eigenvalue weighted by Gasteiger charge is 2.26. The van der Waals surface area contributed by atoms with E-state index in [0.29, 0.717) is 13.0 Å². The largest absolute Gasteiger partial charge is 0.389 e. The third-order valence-electron chi connectivity index (χ3n) is 2.81. The van der Waals surface area contributed by atoms with Crippen molar-refractivity contribution < 1.29 is 18.0 Å². The first-order chi connectivity index (χ1) is 7.99. The molecular formula is C11H19F3N2O. The summed E-state index contributed by atoms with van der Waals surface area (Å²) in [4.78, 5) is 11.6.